The van der Waals surface area contributed by atoms with Crippen LogP contribution in [0.4, 0.5) is 0 Å². The highest BCUT2D eigenvalue weighted by Gasteiger charge is 1.99. The van der Waals surface area contributed by atoms with Crippen molar-refractivity contribution in [3.8, 4) is 0 Å². The molecule has 2 rings (SSSR count). The minimum atomic E-state index is 0.0128. The minimum Gasteiger partial charge on any atom is -0.392 e. The molecule has 0 radical (unpaired) electrons. The van der Waals surface area contributed by atoms with Crippen LogP contribution in [-0.4, -0.2) is 19.9 Å². The average Bonchev–Trinajstić information content (AvgIpc) is 2.69. The van der Waals surface area contributed by atoms with Crippen LogP contribution in [0.3, 0.4) is 0 Å². The van der Waals surface area contributed by atoms with Crippen molar-refractivity contribution in [3.63, 3.8) is 0 Å². The summed E-state index contributed by atoms with van der Waals surface area (Å²) >= 11 is 5.67. The van der Waals surface area contributed by atoms with Gasteiger partial charge in [0.05, 0.1) is 19.3 Å². The number of nitrogens with zero attached hydrogens (tertiary/aromatic N) is 3. The van der Waals surface area contributed by atoms with E-state index in [2.05, 4.69) is 10.1 Å². The van der Waals surface area contributed by atoms with E-state index in [0.717, 1.165) is 11.1 Å². The van der Waals surface area contributed by atoms with Gasteiger partial charge in [0.1, 0.15) is 5.15 Å². The normalized spacial score (nSPS) is 10.5. The van der Waals surface area contributed by atoms with E-state index in [9.17, 15) is 0 Å². The highest BCUT2D eigenvalue weighted by Crippen LogP contribution is 2.07. The molecule has 0 amide bonds. The van der Waals surface area contributed by atoms with Gasteiger partial charge in [0.25, 0.3) is 0 Å². The topological polar surface area (TPSA) is 50.9 Å². The maximum absolute atomic E-state index is 8.87. The molecule has 0 aliphatic carbocycles. The van der Waals surface area contributed by atoms with Gasteiger partial charge in [-0.2, -0.15) is 5.10 Å². The molecule has 0 unspecified atom stereocenters. The first kappa shape index (κ1) is 10.1. The highest BCUT2D eigenvalue weighted by molar-refractivity contribution is 6.29. The van der Waals surface area contributed by atoms with Crippen molar-refractivity contribution in [1.29, 1.82) is 0 Å². The summed E-state index contributed by atoms with van der Waals surface area (Å²) in [5.41, 5.74) is 1.82. The summed E-state index contributed by atoms with van der Waals surface area (Å²) in [7, 11) is 0. The number of halogens is 1. The zero-order chi connectivity index (χ0) is 10.7. The number of hydrogen-bond acceptors (Lipinski definition) is 3. The molecule has 15 heavy (non-hydrogen) atoms. The van der Waals surface area contributed by atoms with Crippen LogP contribution in [0.15, 0.2) is 30.7 Å². The molecule has 2 aromatic rings. The molecule has 0 aliphatic heterocycles. The largest absolute Gasteiger partial charge is 0.392 e. The van der Waals surface area contributed by atoms with Crippen LogP contribution >= 0.6 is 11.6 Å². The van der Waals surface area contributed by atoms with E-state index in [1.54, 1.807) is 29.3 Å². The Morgan fingerprint density at radius 1 is 1.27 bits per heavy atom. The minimum absolute atomic E-state index is 0.0128. The van der Waals surface area contributed by atoms with Crippen LogP contribution in [0.2, 0.25) is 5.15 Å². The second-order valence-electron chi connectivity index (χ2n) is 3.19. The molecule has 5 heteroatoms. The molecule has 0 saturated heterocycles. The lowest BCUT2D eigenvalue weighted by Gasteiger charge is -2.00. The fraction of sp³-hybridized carbons (Fsp3) is 0.200. The van der Waals surface area contributed by atoms with Crippen molar-refractivity contribution in [2.24, 2.45) is 0 Å². The van der Waals surface area contributed by atoms with E-state index in [4.69, 9.17) is 16.7 Å². The predicted molar refractivity (Wildman–Crippen MR) is 56.5 cm³/mol. The van der Waals surface area contributed by atoms with Gasteiger partial charge in [-0.25, -0.2) is 4.98 Å². The van der Waals surface area contributed by atoms with Gasteiger partial charge >= 0.3 is 0 Å². The Morgan fingerprint density at radius 2 is 2.13 bits per heavy atom. The van der Waals surface area contributed by atoms with Gasteiger partial charge in [-0.15, -0.1) is 0 Å². The molecule has 0 spiro atoms. The van der Waals surface area contributed by atoms with Crippen molar-refractivity contribution >= 4 is 11.6 Å². The Labute approximate surface area is 92.1 Å². The zero-order valence-electron chi connectivity index (χ0n) is 7.97. The molecule has 1 N–H and O–H groups in total. The Balaban J connectivity index is 2.11. The third-order valence-corrected chi connectivity index (χ3v) is 2.23. The first-order chi connectivity index (χ1) is 7.28. The number of aromatic nitrogens is 3. The van der Waals surface area contributed by atoms with Gasteiger partial charge < -0.3 is 5.11 Å². The Morgan fingerprint density at radius 3 is 2.73 bits per heavy atom. The van der Waals surface area contributed by atoms with E-state index in [0.29, 0.717) is 11.7 Å². The second-order valence-corrected chi connectivity index (χ2v) is 3.58. The molecule has 0 bridgehead atoms. The first-order valence-corrected chi connectivity index (χ1v) is 4.88. The van der Waals surface area contributed by atoms with Crippen LogP contribution in [0.5, 0.6) is 0 Å². The fourth-order valence-electron chi connectivity index (χ4n) is 1.26. The lowest BCUT2D eigenvalue weighted by atomic mass is 10.3. The third kappa shape index (κ3) is 2.55. The lowest BCUT2D eigenvalue weighted by Crippen LogP contribution is -2.00. The summed E-state index contributed by atoms with van der Waals surface area (Å²) in [5.74, 6) is 0. The Bertz CT molecular complexity index is 438. The molecule has 0 aliphatic rings. The lowest BCUT2D eigenvalue weighted by molar-refractivity contribution is 0.281. The quantitative estimate of drug-likeness (QED) is 0.802. The summed E-state index contributed by atoms with van der Waals surface area (Å²) in [5, 5.41) is 13.5. The number of aliphatic hydroxyl groups excluding tert-OH is 1. The van der Waals surface area contributed by atoms with Gasteiger partial charge in [0.15, 0.2) is 0 Å². The van der Waals surface area contributed by atoms with Crippen LogP contribution in [0, 0.1) is 0 Å². The summed E-state index contributed by atoms with van der Waals surface area (Å²) in [4.78, 5) is 3.98. The molecular formula is C10H10ClN3O. The Hall–Kier alpha value is -1.39. The third-order valence-electron chi connectivity index (χ3n) is 2.00. The highest BCUT2D eigenvalue weighted by atomic mass is 35.5. The predicted octanol–water partition coefficient (Wildman–Crippen LogP) is 1.47. The first-order valence-electron chi connectivity index (χ1n) is 4.50. The van der Waals surface area contributed by atoms with Gasteiger partial charge in [-0.3, -0.25) is 4.68 Å². The zero-order valence-corrected chi connectivity index (χ0v) is 8.72. The molecule has 0 aromatic carbocycles. The molecule has 2 aromatic heterocycles. The molecule has 0 fully saturated rings. The van der Waals surface area contributed by atoms with E-state index in [-0.39, 0.29) is 6.61 Å². The summed E-state index contributed by atoms with van der Waals surface area (Å²) in [6.07, 6.45) is 5.15. The van der Waals surface area contributed by atoms with Crippen molar-refractivity contribution in [1.82, 2.24) is 14.8 Å². The van der Waals surface area contributed by atoms with E-state index in [1.807, 2.05) is 6.07 Å². The molecule has 0 atom stereocenters. The van der Waals surface area contributed by atoms with Crippen LogP contribution in [-0.2, 0) is 13.2 Å². The van der Waals surface area contributed by atoms with Gasteiger partial charge in [0, 0.05) is 18.0 Å². The maximum atomic E-state index is 8.87. The second kappa shape index (κ2) is 4.42. The Kier molecular flexibility index (Phi) is 2.99. The summed E-state index contributed by atoms with van der Waals surface area (Å²) < 4.78 is 1.75. The molecule has 2 heterocycles. The molecule has 0 saturated carbocycles. The van der Waals surface area contributed by atoms with E-state index < -0.39 is 0 Å². The average molecular weight is 224 g/mol. The number of rotatable bonds is 3. The number of hydrogen-bond donors (Lipinski definition) is 1. The number of aliphatic hydroxyl groups is 1. The molecule has 4 nitrogen and oxygen atoms in total. The smallest absolute Gasteiger partial charge is 0.129 e. The van der Waals surface area contributed by atoms with Crippen molar-refractivity contribution < 1.29 is 5.11 Å². The standard InChI is InChI=1S/C10H10ClN3O/c11-10-2-1-8(3-12-10)5-14-6-9(7-15)4-13-14/h1-4,6,15H,5,7H2. The van der Waals surface area contributed by atoms with Crippen molar-refractivity contribution in [2.45, 2.75) is 13.2 Å². The van der Waals surface area contributed by atoms with E-state index >= 15 is 0 Å². The number of pyridine rings is 1. The maximum Gasteiger partial charge on any atom is 0.129 e. The van der Waals surface area contributed by atoms with Crippen LogP contribution in [0.25, 0.3) is 0 Å². The summed E-state index contributed by atoms with van der Waals surface area (Å²) in [6, 6.07) is 3.64. The monoisotopic (exact) mass is 223 g/mol. The van der Waals surface area contributed by atoms with Crippen molar-refractivity contribution in [3.05, 3.63) is 47.0 Å². The van der Waals surface area contributed by atoms with Gasteiger partial charge in [-0.05, 0) is 11.6 Å². The SMILES string of the molecule is OCc1cnn(Cc2ccc(Cl)nc2)c1. The van der Waals surface area contributed by atoms with E-state index in [1.165, 1.54) is 0 Å². The fourth-order valence-corrected chi connectivity index (χ4v) is 1.37. The van der Waals surface area contributed by atoms with Gasteiger partial charge in [0.2, 0.25) is 0 Å². The molecular weight excluding hydrogens is 214 g/mol. The van der Waals surface area contributed by atoms with Crippen LogP contribution < -0.4 is 0 Å². The van der Waals surface area contributed by atoms with Gasteiger partial charge in [-0.1, -0.05) is 17.7 Å². The van der Waals surface area contributed by atoms with Crippen molar-refractivity contribution in [2.75, 3.05) is 0 Å². The summed E-state index contributed by atoms with van der Waals surface area (Å²) in [6.45, 7) is 0.642. The van der Waals surface area contributed by atoms with Crippen LogP contribution in [0.1, 0.15) is 11.1 Å². The molecule has 78 valence electrons.